The van der Waals surface area contributed by atoms with Crippen LogP contribution in [0.3, 0.4) is 0 Å². The SMILES string of the molecule is C=CCNC1CCC(c2ccccc2)CC1. The summed E-state index contributed by atoms with van der Waals surface area (Å²) in [5.41, 5.74) is 1.52. The van der Waals surface area contributed by atoms with Gasteiger partial charge in [-0.1, -0.05) is 36.4 Å². The van der Waals surface area contributed by atoms with Gasteiger partial charge in [-0.15, -0.1) is 6.58 Å². The van der Waals surface area contributed by atoms with E-state index in [0.29, 0.717) is 6.04 Å². The van der Waals surface area contributed by atoms with Gasteiger partial charge in [-0.25, -0.2) is 0 Å². The first kappa shape index (κ1) is 11.4. The van der Waals surface area contributed by atoms with E-state index >= 15 is 0 Å². The van der Waals surface area contributed by atoms with Crippen molar-refractivity contribution in [3.8, 4) is 0 Å². The van der Waals surface area contributed by atoms with Crippen molar-refractivity contribution in [1.29, 1.82) is 0 Å². The zero-order valence-electron chi connectivity index (χ0n) is 9.86. The second-order valence-corrected chi connectivity index (χ2v) is 4.66. The van der Waals surface area contributed by atoms with E-state index in [1.165, 1.54) is 31.2 Å². The smallest absolute Gasteiger partial charge is 0.0134 e. The molecule has 2 rings (SSSR count). The van der Waals surface area contributed by atoms with Gasteiger partial charge in [0.15, 0.2) is 0 Å². The van der Waals surface area contributed by atoms with Crippen molar-refractivity contribution in [2.75, 3.05) is 6.54 Å². The first-order chi connectivity index (χ1) is 7.90. The lowest BCUT2D eigenvalue weighted by atomic mass is 9.82. The minimum atomic E-state index is 0.706. The molecule has 0 aromatic heterocycles. The minimum Gasteiger partial charge on any atom is -0.311 e. The van der Waals surface area contributed by atoms with E-state index in [1.54, 1.807) is 0 Å². The first-order valence-electron chi connectivity index (χ1n) is 6.29. The lowest BCUT2D eigenvalue weighted by molar-refractivity contribution is 0.351. The highest BCUT2D eigenvalue weighted by Crippen LogP contribution is 2.32. The zero-order chi connectivity index (χ0) is 11.2. The maximum atomic E-state index is 3.75. The molecule has 1 aromatic carbocycles. The summed E-state index contributed by atoms with van der Waals surface area (Å²) in [7, 11) is 0. The second-order valence-electron chi connectivity index (χ2n) is 4.66. The Morgan fingerprint density at radius 3 is 2.44 bits per heavy atom. The van der Waals surface area contributed by atoms with Crippen molar-refractivity contribution in [1.82, 2.24) is 5.32 Å². The molecular formula is C15H21N. The van der Waals surface area contributed by atoms with Crippen LogP contribution in [-0.2, 0) is 0 Å². The Hall–Kier alpha value is -1.08. The highest BCUT2D eigenvalue weighted by Gasteiger charge is 2.21. The van der Waals surface area contributed by atoms with Crippen LogP contribution in [-0.4, -0.2) is 12.6 Å². The van der Waals surface area contributed by atoms with Crippen LogP contribution in [0.1, 0.15) is 37.2 Å². The van der Waals surface area contributed by atoms with Crippen LogP contribution in [0.15, 0.2) is 43.0 Å². The van der Waals surface area contributed by atoms with Crippen LogP contribution >= 0.6 is 0 Å². The van der Waals surface area contributed by atoms with E-state index in [4.69, 9.17) is 0 Å². The van der Waals surface area contributed by atoms with Crippen molar-refractivity contribution >= 4 is 0 Å². The lowest BCUT2D eigenvalue weighted by Crippen LogP contribution is -2.32. The fourth-order valence-corrected chi connectivity index (χ4v) is 2.61. The Kier molecular flexibility index (Phi) is 4.17. The van der Waals surface area contributed by atoms with Crippen LogP contribution in [0, 0.1) is 0 Å². The van der Waals surface area contributed by atoms with Gasteiger partial charge in [-0.2, -0.15) is 0 Å². The molecule has 1 aliphatic carbocycles. The molecule has 86 valence electrons. The number of nitrogens with one attached hydrogen (secondary N) is 1. The normalized spacial score (nSPS) is 25.2. The Morgan fingerprint density at radius 1 is 1.12 bits per heavy atom. The van der Waals surface area contributed by atoms with E-state index in [-0.39, 0.29) is 0 Å². The van der Waals surface area contributed by atoms with Gasteiger partial charge in [0.25, 0.3) is 0 Å². The van der Waals surface area contributed by atoms with Crippen LogP contribution in [0.5, 0.6) is 0 Å². The molecule has 0 saturated heterocycles. The number of rotatable bonds is 4. The van der Waals surface area contributed by atoms with E-state index < -0.39 is 0 Å². The Balaban J connectivity index is 1.83. The highest BCUT2D eigenvalue weighted by molar-refractivity contribution is 5.20. The maximum Gasteiger partial charge on any atom is 0.0134 e. The van der Waals surface area contributed by atoms with Crippen LogP contribution in [0.25, 0.3) is 0 Å². The average molecular weight is 215 g/mol. The number of hydrogen-bond acceptors (Lipinski definition) is 1. The van der Waals surface area contributed by atoms with Crippen molar-refractivity contribution < 1.29 is 0 Å². The lowest BCUT2D eigenvalue weighted by Gasteiger charge is -2.29. The van der Waals surface area contributed by atoms with E-state index in [0.717, 1.165) is 12.5 Å². The second kappa shape index (κ2) is 5.86. The predicted octanol–water partition coefficient (Wildman–Crippen LogP) is 3.49. The molecule has 0 heterocycles. The predicted molar refractivity (Wildman–Crippen MR) is 69.6 cm³/mol. The van der Waals surface area contributed by atoms with Crippen molar-refractivity contribution in [3.63, 3.8) is 0 Å². The number of hydrogen-bond donors (Lipinski definition) is 1. The summed E-state index contributed by atoms with van der Waals surface area (Å²) in [4.78, 5) is 0. The van der Waals surface area contributed by atoms with Gasteiger partial charge in [-0.05, 0) is 37.2 Å². The fourth-order valence-electron chi connectivity index (χ4n) is 2.61. The molecular weight excluding hydrogens is 194 g/mol. The summed E-state index contributed by atoms with van der Waals surface area (Å²) in [6.07, 6.45) is 7.18. The summed E-state index contributed by atoms with van der Waals surface area (Å²) in [6, 6.07) is 11.6. The van der Waals surface area contributed by atoms with Crippen molar-refractivity contribution in [2.24, 2.45) is 0 Å². The number of benzene rings is 1. The van der Waals surface area contributed by atoms with Gasteiger partial charge >= 0.3 is 0 Å². The van der Waals surface area contributed by atoms with E-state index in [9.17, 15) is 0 Å². The molecule has 16 heavy (non-hydrogen) atoms. The third-order valence-electron chi connectivity index (χ3n) is 3.55. The molecule has 0 atom stereocenters. The van der Waals surface area contributed by atoms with Gasteiger partial charge in [-0.3, -0.25) is 0 Å². The molecule has 0 aliphatic heterocycles. The third kappa shape index (κ3) is 2.96. The van der Waals surface area contributed by atoms with E-state index in [1.807, 2.05) is 6.08 Å². The molecule has 0 spiro atoms. The molecule has 1 heteroatoms. The molecule has 1 nitrogen and oxygen atoms in total. The fraction of sp³-hybridized carbons (Fsp3) is 0.467. The summed E-state index contributed by atoms with van der Waals surface area (Å²) < 4.78 is 0. The minimum absolute atomic E-state index is 0.706. The summed E-state index contributed by atoms with van der Waals surface area (Å²) in [5.74, 6) is 0.781. The van der Waals surface area contributed by atoms with E-state index in [2.05, 4.69) is 42.2 Å². The molecule has 0 unspecified atom stereocenters. The standard InChI is InChI=1S/C15H21N/c1-2-12-16-15-10-8-14(9-11-15)13-6-4-3-5-7-13/h2-7,14-16H,1,8-12H2. The van der Waals surface area contributed by atoms with Crippen molar-refractivity contribution in [3.05, 3.63) is 48.6 Å². The summed E-state index contributed by atoms with van der Waals surface area (Å²) in [6.45, 7) is 4.69. The Bertz CT molecular complexity index is 309. The zero-order valence-corrected chi connectivity index (χ0v) is 9.86. The molecule has 1 saturated carbocycles. The molecule has 0 radical (unpaired) electrons. The highest BCUT2D eigenvalue weighted by atomic mass is 14.9. The largest absolute Gasteiger partial charge is 0.311 e. The maximum absolute atomic E-state index is 3.75. The van der Waals surface area contributed by atoms with Crippen LogP contribution in [0.2, 0.25) is 0 Å². The molecule has 1 N–H and O–H groups in total. The topological polar surface area (TPSA) is 12.0 Å². The quantitative estimate of drug-likeness (QED) is 0.758. The Labute approximate surface area is 98.6 Å². The van der Waals surface area contributed by atoms with Gasteiger partial charge in [0.05, 0.1) is 0 Å². The monoisotopic (exact) mass is 215 g/mol. The summed E-state index contributed by atoms with van der Waals surface area (Å²) >= 11 is 0. The van der Waals surface area contributed by atoms with Crippen LogP contribution < -0.4 is 5.32 Å². The van der Waals surface area contributed by atoms with Crippen LogP contribution in [0.4, 0.5) is 0 Å². The van der Waals surface area contributed by atoms with Gasteiger partial charge in [0.1, 0.15) is 0 Å². The third-order valence-corrected chi connectivity index (χ3v) is 3.55. The molecule has 1 fully saturated rings. The van der Waals surface area contributed by atoms with Gasteiger partial charge < -0.3 is 5.32 Å². The molecule has 0 amide bonds. The molecule has 0 bridgehead atoms. The molecule has 1 aliphatic rings. The van der Waals surface area contributed by atoms with Gasteiger partial charge in [0, 0.05) is 12.6 Å². The van der Waals surface area contributed by atoms with Crippen molar-refractivity contribution in [2.45, 2.75) is 37.6 Å². The Morgan fingerprint density at radius 2 is 1.81 bits per heavy atom. The molecule has 1 aromatic rings. The first-order valence-corrected chi connectivity index (χ1v) is 6.29. The van der Waals surface area contributed by atoms with Gasteiger partial charge in [0.2, 0.25) is 0 Å². The summed E-state index contributed by atoms with van der Waals surface area (Å²) in [5, 5.41) is 3.53. The average Bonchev–Trinajstić information content (AvgIpc) is 2.38.